The summed E-state index contributed by atoms with van der Waals surface area (Å²) in [7, 11) is -3.62. The number of aliphatic hydroxyl groups excluding tert-OH is 2. The molecule has 6 heteroatoms. The highest BCUT2D eigenvalue weighted by Gasteiger charge is 2.16. The van der Waals surface area contributed by atoms with Crippen molar-refractivity contribution in [3.63, 3.8) is 0 Å². The summed E-state index contributed by atoms with van der Waals surface area (Å²) in [6.07, 6.45) is -0.285. The predicted octanol–water partition coefficient (Wildman–Crippen LogP) is -0.827. The van der Waals surface area contributed by atoms with E-state index in [9.17, 15) is 4.57 Å². The normalized spacial score (nSPS) is 16.7. The standard InChI is InChI=1S/C4H11O5P/c5-1-3-9-10(7,8)4-2-6/h5-6H,1-4H2,(H,7,8). The molecule has 0 fully saturated rings. The Bertz CT molecular complexity index is 125. The lowest BCUT2D eigenvalue weighted by atomic mass is 10.8. The van der Waals surface area contributed by atoms with Crippen LogP contribution in [0.4, 0.5) is 0 Å². The molecule has 0 aliphatic heterocycles. The Kier molecular flexibility index (Phi) is 4.85. The minimum Gasteiger partial charge on any atom is -0.396 e. The monoisotopic (exact) mass is 170 g/mol. The molecule has 0 radical (unpaired) electrons. The van der Waals surface area contributed by atoms with Gasteiger partial charge in [-0.25, -0.2) is 0 Å². The molecule has 0 aromatic carbocycles. The lowest BCUT2D eigenvalue weighted by Crippen LogP contribution is -2.02. The maximum Gasteiger partial charge on any atom is 0.330 e. The molecule has 0 aromatic rings. The van der Waals surface area contributed by atoms with Crippen LogP contribution in [0.1, 0.15) is 0 Å². The third-order valence-electron chi connectivity index (χ3n) is 0.767. The van der Waals surface area contributed by atoms with Gasteiger partial charge in [0.2, 0.25) is 0 Å². The van der Waals surface area contributed by atoms with Gasteiger partial charge in [0.1, 0.15) is 0 Å². The number of hydrogen-bond donors (Lipinski definition) is 3. The van der Waals surface area contributed by atoms with Gasteiger partial charge >= 0.3 is 7.60 Å². The molecule has 0 aliphatic rings. The van der Waals surface area contributed by atoms with E-state index < -0.39 is 7.60 Å². The van der Waals surface area contributed by atoms with Crippen LogP contribution in [-0.2, 0) is 9.09 Å². The molecule has 0 saturated carbocycles. The van der Waals surface area contributed by atoms with Crippen molar-refractivity contribution in [2.24, 2.45) is 0 Å². The average Bonchev–Trinajstić information content (AvgIpc) is 1.84. The molecule has 3 N–H and O–H groups in total. The molecule has 5 nitrogen and oxygen atoms in total. The minimum atomic E-state index is -3.62. The van der Waals surface area contributed by atoms with Crippen molar-refractivity contribution in [2.45, 2.75) is 0 Å². The molecule has 10 heavy (non-hydrogen) atoms. The van der Waals surface area contributed by atoms with Gasteiger partial charge in [0.25, 0.3) is 0 Å². The first-order chi connectivity index (χ1) is 4.62. The molecule has 1 atom stereocenters. The summed E-state index contributed by atoms with van der Waals surface area (Å²) >= 11 is 0. The second kappa shape index (κ2) is 4.82. The van der Waals surface area contributed by atoms with Gasteiger partial charge in [0, 0.05) is 0 Å². The van der Waals surface area contributed by atoms with E-state index in [2.05, 4.69) is 4.52 Å². The van der Waals surface area contributed by atoms with Crippen LogP contribution in [0.2, 0.25) is 0 Å². The van der Waals surface area contributed by atoms with Crippen molar-refractivity contribution in [3.8, 4) is 0 Å². The van der Waals surface area contributed by atoms with Crippen LogP contribution in [0.25, 0.3) is 0 Å². The highest BCUT2D eigenvalue weighted by Crippen LogP contribution is 2.40. The van der Waals surface area contributed by atoms with E-state index in [1.165, 1.54) is 0 Å². The Hall–Kier alpha value is 0.0700. The Morgan fingerprint density at radius 3 is 2.30 bits per heavy atom. The molecular formula is C4H11O5P. The first-order valence-electron chi connectivity index (χ1n) is 2.80. The SMILES string of the molecule is O=P(O)(CCO)OCCO. The second-order valence-electron chi connectivity index (χ2n) is 1.64. The summed E-state index contributed by atoms with van der Waals surface area (Å²) in [5.74, 6) is 0. The zero-order valence-electron chi connectivity index (χ0n) is 5.43. The maximum absolute atomic E-state index is 10.6. The van der Waals surface area contributed by atoms with Crippen molar-refractivity contribution in [1.82, 2.24) is 0 Å². The van der Waals surface area contributed by atoms with Crippen molar-refractivity contribution in [2.75, 3.05) is 26.0 Å². The molecule has 0 saturated heterocycles. The smallest absolute Gasteiger partial charge is 0.330 e. The molecule has 0 spiro atoms. The lowest BCUT2D eigenvalue weighted by Gasteiger charge is -2.08. The summed E-state index contributed by atoms with van der Waals surface area (Å²) in [5, 5.41) is 16.4. The summed E-state index contributed by atoms with van der Waals surface area (Å²) in [5.41, 5.74) is 0. The third kappa shape index (κ3) is 4.90. The van der Waals surface area contributed by atoms with Gasteiger partial charge in [-0.2, -0.15) is 0 Å². The molecule has 0 aliphatic carbocycles. The predicted molar refractivity (Wildman–Crippen MR) is 34.8 cm³/mol. The van der Waals surface area contributed by atoms with Crippen LogP contribution in [-0.4, -0.2) is 41.1 Å². The van der Waals surface area contributed by atoms with Crippen LogP contribution in [0.15, 0.2) is 0 Å². The van der Waals surface area contributed by atoms with Crippen LogP contribution < -0.4 is 0 Å². The van der Waals surface area contributed by atoms with E-state index in [1.54, 1.807) is 0 Å². The van der Waals surface area contributed by atoms with Gasteiger partial charge in [0.15, 0.2) is 0 Å². The van der Waals surface area contributed by atoms with Crippen LogP contribution in [0, 0.1) is 0 Å². The fraction of sp³-hybridized carbons (Fsp3) is 1.00. The number of hydrogen-bond acceptors (Lipinski definition) is 4. The zero-order valence-corrected chi connectivity index (χ0v) is 6.33. The summed E-state index contributed by atoms with van der Waals surface area (Å²) in [4.78, 5) is 8.71. The van der Waals surface area contributed by atoms with E-state index in [1.807, 2.05) is 0 Å². The van der Waals surface area contributed by atoms with Gasteiger partial charge in [-0.05, 0) is 0 Å². The molecular weight excluding hydrogens is 159 g/mol. The quantitative estimate of drug-likeness (QED) is 0.469. The summed E-state index contributed by atoms with van der Waals surface area (Å²) in [6, 6.07) is 0. The first kappa shape index (κ1) is 10.1. The van der Waals surface area contributed by atoms with E-state index in [4.69, 9.17) is 15.1 Å². The highest BCUT2D eigenvalue weighted by molar-refractivity contribution is 7.52. The van der Waals surface area contributed by atoms with Crippen LogP contribution in [0.5, 0.6) is 0 Å². The molecule has 0 aromatic heterocycles. The van der Waals surface area contributed by atoms with Crippen molar-refractivity contribution in [3.05, 3.63) is 0 Å². The fourth-order valence-electron chi connectivity index (χ4n) is 0.374. The Labute approximate surface area is 58.8 Å². The maximum atomic E-state index is 10.6. The Balaban J connectivity index is 3.53. The number of rotatable bonds is 5. The molecule has 0 rings (SSSR count). The topological polar surface area (TPSA) is 87.0 Å². The third-order valence-corrected chi connectivity index (χ3v) is 2.12. The first-order valence-corrected chi connectivity index (χ1v) is 4.57. The van der Waals surface area contributed by atoms with Gasteiger partial charge in [-0.1, -0.05) is 0 Å². The van der Waals surface area contributed by atoms with E-state index in [0.717, 1.165) is 0 Å². The van der Waals surface area contributed by atoms with E-state index >= 15 is 0 Å². The van der Waals surface area contributed by atoms with Crippen molar-refractivity contribution in [1.29, 1.82) is 0 Å². The number of aliphatic hydroxyl groups is 2. The second-order valence-corrected chi connectivity index (χ2v) is 3.62. The Morgan fingerprint density at radius 1 is 1.30 bits per heavy atom. The average molecular weight is 170 g/mol. The van der Waals surface area contributed by atoms with Gasteiger partial charge < -0.3 is 19.6 Å². The van der Waals surface area contributed by atoms with Gasteiger partial charge in [-0.3, -0.25) is 4.57 Å². The zero-order chi connectivity index (χ0) is 8.04. The largest absolute Gasteiger partial charge is 0.396 e. The van der Waals surface area contributed by atoms with E-state index in [0.29, 0.717) is 0 Å². The molecule has 0 bridgehead atoms. The summed E-state index contributed by atoms with van der Waals surface area (Å²) in [6.45, 7) is -0.858. The minimum absolute atomic E-state index is 0.173. The van der Waals surface area contributed by atoms with E-state index in [-0.39, 0.29) is 26.0 Å². The van der Waals surface area contributed by atoms with Gasteiger partial charge in [-0.15, -0.1) is 0 Å². The van der Waals surface area contributed by atoms with Crippen molar-refractivity contribution < 1.29 is 24.2 Å². The van der Waals surface area contributed by atoms with Crippen LogP contribution in [0.3, 0.4) is 0 Å². The van der Waals surface area contributed by atoms with Crippen LogP contribution >= 0.6 is 7.60 Å². The molecule has 62 valence electrons. The molecule has 0 amide bonds. The van der Waals surface area contributed by atoms with Gasteiger partial charge in [0.05, 0.1) is 26.0 Å². The summed E-state index contributed by atoms with van der Waals surface area (Å²) < 4.78 is 15.0. The molecule has 0 heterocycles. The van der Waals surface area contributed by atoms with Crippen molar-refractivity contribution >= 4 is 7.60 Å². The Morgan fingerprint density at radius 2 is 1.90 bits per heavy atom. The fourth-order valence-corrected chi connectivity index (χ4v) is 1.12. The molecule has 1 unspecified atom stereocenters. The lowest BCUT2D eigenvalue weighted by molar-refractivity contribution is 0.180. The highest BCUT2D eigenvalue weighted by atomic mass is 31.2.